The fourth-order valence-electron chi connectivity index (χ4n) is 14.3. The van der Waals surface area contributed by atoms with Crippen LogP contribution in [-0.2, 0) is 10.8 Å². The second kappa shape index (κ2) is 12.1. The summed E-state index contributed by atoms with van der Waals surface area (Å²) in [5.74, 6) is 3.35. The second-order valence-corrected chi connectivity index (χ2v) is 18.8. The Labute approximate surface area is 337 Å². The van der Waals surface area contributed by atoms with E-state index in [0.29, 0.717) is 0 Å². The molecule has 7 aliphatic carbocycles. The fraction of sp³-hybridized carbons (Fsp3) is 0.286. The largest absolute Gasteiger partial charge is 0.310 e. The number of fused-ring (bicyclic) bond motifs is 10. The van der Waals surface area contributed by atoms with Crippen LogP contribution in [0.1, 0.15) is 86.5 Å². The first kappa shape index (κ1) is 32.7. The lowest BCUT2D eigenvalue weighted by Gasteiger charge is -2.53. The molecular weight excluding hydrogens is 687 g/mol. The Morgan fingerprint density at radius 1 is 0.421 bits per heavy atom. The highest BCUT2D eigenvalue weighted by molar-refractivity contribution is 5.98. The molecule has 0 aromatic heterocycles. The highest BCUT2D eigenvalue weighted by Crippen LogP contribution is 2.68. The van der Waals surface area contributed by atoms with Crippen LogP contribution >= 0.6 is 0 Å². The van der Waals surface area contributed by atoms with Crippen molar-refractivity contribution in [3.8, 4) is 33.4 Å². The van der Waals surface area contributed by atoms with E-state index in [0.717, 1.165) is 23.7 Å². The summed E-state index contributed by atoms with van der Waals surface area (Å²) in [5.41, 5.74) is 18.7. The third kappa shape index (κ3) is 4.47. The molecule has 57 heavy (non-hydrogen) atoms. The molecule has 1 heteroatoms. The van der Waals surface area contributed by atoms with Gasteiger partial charge in [0.1, 0.15) is 0 Å². The van der Waals surface area contributed by atoms with Crippen molar-refractivity contribution in [2.45, 2.75) is 75.0 Å². The molecule has 0 N–H and O–H groups in total. The van der Waals surface area contributed by atoms with Crippen LogP contribution in [0.25, 0.3) is 44.2 Å². The van der Waals surface area contributed by atoms with E-state index in [1.54, 1.807) is 16.7 Å². The minimum atomic E-state index is 0.155. The molecule has 0 saturated heterocycles. The predicted molar refractivity (Wildman–Crippen MR) is 237 cm³/mol. The number of benzene rings is 7. The van der Waals surface area contributed by atoms with Crippen LogP contribution in [0.3, 0.4) is 0 Å². The van der Waals surface area contributed by atoms with Gasteiger partial charge in [0.25, 0.3) is 0 Å². The van der Waals surface area contributed by atoms with Crippen LogP contribution in [0.5, 0.6) is 0 Å². The van der Waals surface area contributed by atoms with E-state index in [1.807, 2.05) is 0 Å². The van der Waals surface area contributed by atoms with E-state index < -0.39 is 0 Å². The number of nitrogens with zero attached hydrogens (tertiary/aromatic N) is 1. The van der Waals surface area contributed by atoms with Gasteiger partial charge in [0.2, 0.25) is 0 Å². The first-order valence-electron chi connectivity index (χ1n) is 22.1. The Kier molecular flexibility index (Phi) is 6.91. The van der Waals surface area contributed by atoms with Crippen LogP contribution in [0.2, 0.25) is 0 Å². The van der Waals surface area contributed by atoms with Gasteiger partial charge in [-0.25, -0.2) is 0 Å². The van der Waals surface area contributed by atoms with Crippen LogP contribution in [0, 0.1) is 23.7 Å². The molecule has 14 rings (SSSR count). The Morgan fingerprint density at radius 2 is 1.02 bits per heavy atom. The summed E-state index contributed by atoms with van der Waals surface area (Å²) >= 11 is 0. The third-order valence-corrected chi connectivity index (χ3v) is 16.3. The van der Waals surface area contributed by atoms with Gasteiger partial charge in [0, 0.05) is 27.9 Å². The van der Waals surface area contributed by atoms with E-state index in [1.165, 1.54) is 131 Å². The zero-order chi connectivity index (χ0) is 37.3. The van der Waals surface area contributed by atoms with Crippen LogP contribution in [0.15, 0.2) is 152 Å². The fourth-order valence-corrected chi connectivity index (χ4v) is 14.3. The standard InChI is InChI=1S/C56H49N/c1-2-15-45-38(11-1)12-10-18-46(45)39-13-9-14-42(33-39)57(43-23-25-52-49(34-43)47-16-3-5-19-51(47)55(52)27-7-8-28-55)44-24-26-54-50(35-44)48-17-4-6-20-53(48)56(54)40-22-21-36-29-37(31-40)32-41(56)30-36/h1-6,9-20,23-26,33-37,40-41H,7-8,21-22,27-32H2. The van der Waals surface area contributed by atoms with E-state index in [-0.39, 0.29) is 10.8 Å². The van der Waals surface area contributed by atoms with Crippen LogP contribution < -0.4 is 4.90 Å². The summed E-state index contributed by atoms with van der Waals surface area (Å²) in [5, 5.41) is 2.58. The van der Waals surface area contributed by atoms with Crippen LogP contribution in [0.4, 0.5) is 17.1 Å². The summed E-state index contributed by atoms with van der Waals surface area (Å²) in [4.78, 5) is 2.58. The van der Waals surface area contributed by atoms with Gasteiger partial charge < -0.3 is 4.90 Å². The second-order valence-electron chi connectivity index (χ2n) is 18.8. The Morgan fingerprint density at radius 3 is 1.88 bits per heavy atom. The van der Waals surface area contributed by atoms with Crippen molar-refractivity contribution in [2.75, 3.05) is 4.90 Å². The first-order valence-corrected chi connectivity index (χ1v) is 22.1. The van der Waals surface area contributed by atoms with Gasteiger partial charge in [-0.1, -0.05) is 135 Å². The van der Waals surface area contributed by atoms with Gasteiger partial charge >= 0.3 is 0 Å². The molecule has 2 spiro atoms. The molecule has 5 atom stereocenters. The van der Waals surface area contributed by atoms with Gasteiger partial charge in [0.05, 0.1) is 0 Å². The smallest absolute Gasteiger partial charge is 0.0468 e. The van der Waals surface area contributed by atoms with Gasteiger partial charge in [-0.05, 0) is 171 Å². The quantitative estimate of drug-likeness (QED) is 0.174. The average molecular weight is 736 g/mol. The number of rotatable bonds is 4. The molecule has 0 aliphatic heterocycles. The molecule has 0 radical (unpaired) electrons. The Bertz CT molecular complexity index is 2750. The normalized spacial score (nSPS) is 25.4. The summed E-state index contributed by atoms with van der Waals surface area (Å²) < 4.78 is 0. The maximum absolute atomic E-state index is 2.60. The Balaban J connectivity index is 1.02. The SMILES string of the molecule is c1cc(-c2cccc3ccccc23)cc(N(c2ccc3c(c2)-c2ccccc2C32CCCC2)c2ccc3c(c2)-c2ccccc2C32C3CCC4CC(C3)CC2C4)c1. The molecule has 5 unspecified atom stereocenters. The van der Waals surface area contributed by atoms with E-state index >= 15 is 0 Å². The van der Waals surface area contributed by atoms with Crippen molar-refractivity contribution in [3.63, 3.8) is 0 Å². The monoisotopic (exact) mass is 735 g/mol. The number of anilines is 3. The van der Waals surface area contributed by atoms with Crippen molar-refractivity contribution in [1.82, 2.24) is 0 Å². The lowest BCUT2D eigenvalue weighted by atomic mass is 9.51. The van der Waals surface area contributed by atoms with E-state index in [2.05, 4.69) is 157 Å². The van der Waals surface area contributed by atoms with Gasteiger partial charge in [-0.2, -0.15) is 0 Å². The van der Waals surface area contributed by atoms with Gasteiger partial charge in [0.15, 0.2) is 0 Å². The highest BCUT2D eigenvalue weighted by Gasteiger charge is 2.59. The van der Waals surface area contributed by atoms with Crippen molar-refractivity contribution in [3.05, 3.63) is 174 Å². The van der Waals surface area contributed by atoms with Crippen LogP contribution in [-0.4, -0.2) is 0 Å². The maximum Gasteiger partial charge on any atom is 0.0468 e. The zero-order valence-corrected chi connectivity index (χ0v) is 32.8. The lowest BCUT2D eigenvalue weighted by molar-refractivity contribution is 0.0618. The number of hydrogen-bond donors (Lipinski definition) is 0. The molecule has 7 aromatic rings. The molecule has 0 amide bonds. The molecule has 5 saturated carbocycles. The molecule has 278 valence electrons. The van der Waals surface area contributed by atoms with E-state index in [9.17, 15) is 0 Å². The summed E-state index contributed by atoms with van der Waals surface area (Å²) in [6.07, 6.45) is 13.7. The topological polar surface area (TPSA) is 3.24 Å². The molecule has 7 aromatic carbocycles. The zero-order valence-electron chi connectivity index (χ0n) is 32.8. The van der Waals surface area contributed by atoms with Crippen molar-refractivity contribution >= 4 is 27.8 Å². The van der Waals surface area contributed by atoms with Gasteiger partial charge in [-0.15, -0.1) is 0 Å². The molecular formula is C56H49N. The minimum Gasteiger partial charge on any atom is -0.310 e. The molecule has 5 fully saturated rings. The lowest BCUT2D eigenvalue weighted by Crippen LogP contribution is -2.48. The molecule has 0 heterocycles. The minimum absolute atomic E-state index is 0.155. The Hall–Kier alpha value is -5.40. The molecule has 7 aliphatic rings. The molecule has 1 nitrogen and oxygen atoms in total. The first-order chi connectivity index (χ1) is 28.2. The predicted octanol–water partition coefficient (Wildman–Crippen LogP) is 14.9. The summed E-state index contributed by atoms with van der Waals surface area (Å²) in [6.45, 7) is 0. The van der Waals surface area contributed by atoms with Crippen molar-refractivity contribution in [2.24, 2.45) is 23.7 Å². The van der Waals surface area contributed by atoms with Crippen molar-refractivity contribution in [1.29, 1.82) is 0 Å². The third-order valence-electron chi connectivity index (χ3n) is 16.3. The summed E-state index contributed by atoms with van der Waals surface area (Å²) in [6, 6.07) is 59.0. The average Bonchev–Trinajstić information content (AvgIpc) is 3.89. The number of hydrogen-bond acceptors (Lipinski definition) is 1. The summed E-state index contributed by atoms with van der Waals surface area (Å²) in [7, 11) is 0. The highest BCUT2D eigenvalue weighted by atomic mass is 15.1. The van der Waals surface area contributed by atoms with Gasteiger partial charge in [-0.3, -0.25) is 0 Å². The van der Waals surface area contributed by atoms with Crippen molar-refractivity contribution < 1.29 is 0 Å². The molecule has 4 bridgehead atoms. The van der Waals surface area contributed by atoms with E-state index in [4.69, 9.17) is 0 Å². The maximum atomic E-state index is 2.60.